The van der Waals surface area contributed by atoms with Crippen molar-refractivity contribution >= 4 is 44.9 Å². The van der Waals surface area contributed by atoms with Crippen molar-refractivity contribution in [1.82, 2.24) is 9.88 Å². The fourth-order valence-electron chi connectivity index (χ4n) is 7.39. The van der Waals surface area contributed by atoms with Gasteiger partial charge in [-0.1, -0.05) is 127 Å². The normalized spacial score (nSPS) is 16.3. The van der Waals surface area contributed by atoms with Gasteiger partial charge in [0, 0.05) is 32.8 Å². The van der Waals surface area contributed by atoms with Gasteiger partial charge in [-0.25, -0.2) is 9.98 Å². The van der Waals surface area contributed by atoms with Gasteiger partial charge in [0.25, 0.3) is 0 Å². The SMILES string of the molecule is N#Cc1cccc(-c2ccc3c4ccccc4n(-c4ccc(=C5CC=CC=C5C(F)(F)F)c(=C5N=C(c6ccccc6)N=C(c6ccccc6)N5)c4)c3c2)c1. The van der Waals surface area contributed by atoms with Crippen molar-refractivity contribution in [1.29, 1.82) is 5.26 Å². The number of nitrogens with zero attached hydrogens (tertiary/aromatic N) is 4. The van der Waals surface area contributed by atoms with E-state index in [9.17, 15) is 18.4 Å². The van der Waals surface area contributed by atoms with Crippen LogP contribution in [0, 0.1) is 11.3 Å². The number of aliphatic imine (C=N–C) groups is 2. The number of amidine groups is 2. The first-order valence-corrected chi connectivity index (χ1v) is 17.8. The molecule has 0 spiro atoms. The summed E-state index contributed by atoms with van der Waals surface area (Å²) in [5.74, 6) is 1.34. The molecule has 0 saturated carbocycles. The first-order chi connectivity index (χ1) is 26.9. The van der Waals surface area contributed by atoms with Crippen LogP contribution in [0.5, 0.6) is 0 Å². The number of hydrogen-bond acceptors (Lipinski definition) is 4. The monoisotopic (exact) mass is 721 g/mol. The zero-order valence-electron chi connectivity index (χ0n) is 29.2. The molecule has 6 aromatic carbocycles. The topological polar surface area (TPSA) is 65.5 Å². The van der Waals surface area contributed by atoms with Crippen molar-refractivity contribution in [3.8, 4) is 22.9 Å². The van der Waals surface area contributed by atoms with Gasteiger partial charge in [-0.3, -0.25) is 0 Å². The summed E-state index contributed by atoms with van der Waals surface area (Å²) in [5, 5.41) is 16.0. The van der Waals surface area contributed by atoms with Crippen LogP contribution in [0.2, 0.25) is 0 Å². The molecule has 0 radical (unpaired) electrons. The van der Waals surface area contributed by atoms with Gasteiger partial charge in [-0.05, 0) is 64.7 Å². The van der Waals surface area contributed by atoms with Gasteiger partial charge in [0.05, 0.1) is 28.2 Å². The molecule has 0 amide bonds. The van der Waals surface area contributed by atoms with E-state index in [1.54, 1.807) is 18.2 Å². The quantitative estimate of drug-likeness (QED) is 0.197. The van der Waals surface area contributed by atoms with E-state index in [2.05, 4.69) is 40.2 Å². The van der Waals surface area contributed by atoms with Gasteiger partial charge >= 0.3 is 6.18 Å². The van der Waals surface area contributed by atoms with Gasteiger partial charge in [-0.2, -0.15) is 18.4 Å². The average Bonchev–Trinajstić information content (AvgIpc) is 3.57. The Bertz CT molecular complexity index is 2960. The van der Waals surface area contributed by atoms with Crippen molar-refractivity contribution in [3.05, 3.63) is 197 Å². The van der Waals surface area contributed by atoms with Crippen LogP contribution in [0.4, 0.5) is 13.2 Å². The molecule has 264 valence electrons. The van der Waals surface area contributed by atoms with E-state index in [4.69, 9.17) is 9.98 Å². The van der Waals surface area contributed by atoms with Crippen LogP contribution in [0.1, 0.15) is 23.1 Å². The van der Waals surface area contributed by atoms with Crippen molar-refractivity contribution in [2.45, 2.75) is 12.6 Å². The average molecular weight is 722 g/mol. The van der Waals surface area contributed by atoms with Crippen molar-refractivity contribution in [3.63, 3.8) is 0 Å². The van der Waals surface area contributed by atoms with E-state index in [-0.39, 0.29) is 12.0 Å². The number of halogens is 3. The Labute approximate surface area is 314 Å². The largest absolute Gasteiger partial charge is 0.416 e. The summed E-state index contributed by atoms with van der Waals surface area (Å²) < 4.78 is 46.2. The number of allylic oxidation sites excluding steroid dienone is 4. The minimum Gasteiger partial charge on any atom is -0.324 e. The van der Waals surface area contributed by atoms with Crippen molar-refractivity contribution in [2.24, 2.45) is 9.98 Å². The third-order valence-electron chi connectivity index (χ3n) is 9.94. The van der Waals surface area contributed by atoms with E-state index >= 15 is 0 Å². The van der Waals surface area contributed by atoms with Crippen LogP contribution >= 0.6 is 0 Å². The molecule has 55 heavy (non-hydrogen) atoms. The highest BCUT2D eigenvalue weighted by atomic mass is 19.4. The second kappa shape index (κ2) is 13.6. The van der Waals surface area contributed by atoms with E-state index in [1.165, 1.54) is 6.08 Å². The molecule has 2 heterocycles. The molecule has 0 atom stereocenters. The number of aromatic nitrogens is 1. The molecule has 0 fully saturated rings. The Hall–Kier alpha value is -7.24. The fraction of sp³-hybridized carbons (Fsp3) is 0.0426. The lowest BCUT2D eigenvalue weighted by atomic mass is 9.94. The Morgan fingerprint density at radius 3 is 2.13 bits per heavy atom. The summed E-state index contributed by atoms with van der Waals surface area (Å²) in [6.45, 7) is 0. The number of para-hydroxylation sites is 1. The Balaban J connectivity index is 1.37. The summed E-state index contributed by atoms with van der Waals surface area (Å²) in [7, 11) is 0. The van der Waals surface area contributed by atoms with E-state index < -0.39 is 11.7 Å². The van der Waals surface area contributed by atoms with Gasteiger partial charge < -0.3 is 9.88 Å². The fourth-order valence-corrected chi connectivity index (χ4v) is 7.39. The molecule has 1 aliphatic carbocycles. The minimum atomic E-state index is -4.57. The summed E-state index contributed by atoms with van der Waals surface area (Å²) in [4.78, 5) is 9.92. The first kappa shape index (κ1) is 33.6. The van der Waals surface area contributed by atoms with Gasteiger partial charge in [-0.15, -0.1) is 0 Å². The van der Waals surface area contributed by atoms with Gasteiger partial charge in [0.15, 0.2) is 5.84 Å². The second-order valence-corrected chi connectivity index (χ2v) is 13.3. The number of rotatable bonds is 4. The molecule has 1 N–H and O–H groups in total. The zero-order chi connectivity index (χ0) is 37.5. The molecular formula is C47H30F3N5. The summed E-state index contributed by atoms with van der Waals surface area (Å²) in [5.41, 5.74) is 6.03. The standard InChI is InChI=1S/C47H30F3N5/c48-47(49,50)41-20-9-7-18-37(41)36-25-23-35(28-40(36)46-53-44(31-13-3-1-4-14-31)52-45(54-46)32-15-5-2-6-16-32)55-42-21-10-8-19-38(42)39-24-22-34(27-43(39)55)33-17-11-12-30(26-33)29-51/h1-17,19-28H,18H2,(H,52,53,54). The number of hydrogen-bond donors (Lipinski definition) is 1. The molecule has 1 aromatic heterocycles. The predicted molar refractivity (Wildman–Crippen MR) is 214 cm³/mol. The molecule has 8 heteroatoms. The van der Waals surface area contributed by atoms with E-state index in [0.717, 1.165) is 55.8 Å². The number of nitriles is 1. The Kier molecular flexibility index (Phi) is 8.32. The lowest BCUT2D eigenvalue weighted by Crippen LogP contribution is -2.39. The summed E-state index contributed by atoms with van der Waals surface area (Å²) >= 11 is 0. The number of nitrogens with one attached hydrogen (secondary N) is 1. The third kappa shape index (κ3) is 6.22. The Morgan fingerprint density at radius 2 is 1.35 bits per heavy atom. The number of fused-ring (bicyclic) bond motifs is 3. The van der Waals surface area contributed by atoms with Crippen LogP contribution in [-0.4, -0.2) is 22.4 Å². The predicted octanol–water partition coefficient (Wildman–Crippen LogP) is 9.48. The maximum Gasteiger partial charge on any atom is 0.416 e. The molecule has 9 rings (SSSR count). The molecule has 1 aliphatic heterocycles. The number of benzene rings is 6. The van der Waals surface area contributed by atoms with E-state index in [0.29, 0.717) is 33.5 Å². The van der Waals surface area contributed by atoms with Gasteiger partial charge in [0.1, 0.15) is 11.7 Å². The van der Waals surface area contributed by atoms with Crippen molar-refractivity contribution < 1.29 is 13.2 Å². The minimum absolute atomic E-state index is 0.0976. The highest BCUT2D eigenvalue weighted by Crippen LogP contribution is 2.36. The smallest absolute Gasteiger partial charge is 0.324 e. The molecule has 0 unspecified atom stereocenters. The van der Waals surface area contributed by atoms with E-state index in [1.807, 2.05) is 109 Å². The van der Waals surface area contributed by atoms with Crippen LogP contribution in [-0.2, 0) is 0 Å². The summed E-state index contributed by atoms with van der Waals surface area (Å²) in [6.07, 6.45) is -0.129. The molecule has 0 saturated heterocycles. The van der Waals surface area contributed by atoms with Gasteiger partial charge in [0.2, 0.25) is 0 Å². The lowest BCUT2D eigenvalue weighted by molar-refractivity contribution is -0.0874. The highest BCUT2D eigenvalue weighted by Gasteiger charge is 2.36. The number of alkyl halides is 3. The lowest BCUT2D eigenvalue weighted by Gasteiger charge is -2.20. The van der Waals surface area contributed by atoms with Crippen LogP contribution < -0.4 is 15.8 Å². The first-order valence-electron chi connectivity index (χ1n) is 17.8. The third-order valence-corrected chi connectivity index (χ3v) is 9.94. The maximum atomic E-state index is 14.7. The zero-order valence-corrected chi connectivity index (χ0v) is 29.2. The van der Waals surface area contributed by atoms with Crippen LogP contribution in [0.25, 0.3) is 50.0 Å². The molecule has 0 bridgehead atoms. The maximum absolute atomic E-state index is 14.7. The molecule has 2 aliphatic rings. The van der Waals surface area contributed by atoms with Crippen LogP contribution in [0.15, 0.2) is 179 Å². The highest BCUT2D eigenvalue weighted by molar-refractivity contribution is 6.16. The molecule has 7 aromatic rings. The van der Waals surface area contributed by atoms with Crippen LogP contribution in [0.3, 0.4) is 0 Å². The second-order valence-electron chi connectivity index (χ2n) is 13.3. The Morgan fingerprint density at radius 1 is 0.636 bits per heavy atom. The van der Waals surface area contributed by atoms with Crippen molar-refractivity contribution in [2.75, 3.05) is 0 Å². The molecule has 5 nitrogen and oxygen atoms in total. The summed E-state index contributed by atoms with van der Waals surface area (Å²) in [6, 6.07) is 48.8. The molecular weight excluding hydrogens is 692 g/mol.